The molecule has 0 fully saturated rings. The van der Waals surface area contributed by atoms with Crippen molar-refractivity contribution >= 4 is 11.7 Å². The summed E-state index contributed by atoms with van der Waals surface area (Å²) >= 11 is 0. The van der Waals surface area contributed by atoms with Gasteiger partial charge in [0.1, 0.15) is 11.6 Å². The fourth-order valence-corrected chi connectivity index (χ4v) is 2.44. The van der Waals surface area contributed by atoms with Gasteiger partial charge in [-0.3, -0.25) is 13.9 Å². The van der Waals surface area contributed by atoms with Gasteiger partial charge in [-0.2, -0.15) is 4.99 Å². The highest BCUT2D eigenvalue weighted by atomic mass is 16.5. The molecule has 0 aliphatic rings. The van der Waals surface area contributed by atoms with E-state index in [0.29, 0.717) is 23.6 Å². The van der Waals surface area contributed by atoms with Gasteiger partial charge in [-0.25, -0.2) is 4.79 Å². The molecule has 2 aromatic rings. The zero-order valence-electron chi connectivity index (χ0n) is 14.9. The summed E-state index contributed by atoms with van der Waals surface area (Å²) in [5.74, 6) is 1.22. The third-order valence-electron chi connectivity index (χ3n) is 3.83. The smallest absolute Gasteiger partial charge is 0.332 e. The van der Waals surface area contributed by atoms with Crippen LogP contribution in [0, 0.1) is 13.8 Å². The molecule has 0 bridgehead atoms. The van der Waals surface area contributed by atoms with Gasteiger partial charge in [-0.05, 0) is 32.4 Å². The van der Waals surface area contributed by atoms with E-state index in [9.17, 15) is 9.59 Å². The first kappa shape index (κ1) is 18.7. The monoisotopic (exact) mass is 345 g/mol. The molecule has 25 heavy (non-hydrogen) atoms. The molecule has 7 heteroatoms. The van der Waals surface area contributed by atoms with Crippen molar-refractivity contribution in [1.29, 1.82) is 0 Å². The number of nitrogens with zero attached hydrogens (tertiary/aromatic N) is 3. The Balaban J connectivity index is 2.40. The number of aliphatic hydroxyl groups excluding tert-OH is 1. The van der Waals surface area contributed by atoms with Gasteiger partial charge >= 0.3 is 5.69 Å². The molecular formula is C18H23N3O4. The lowest BCUT2D eigenvalue weighted by atomic mass is 10.2. The molecule has 1 heterocycles. The first-order valence-electron chi connectivity index (χ1n) is 8.06. The Morgan fingerprint density at radius 2 is 1.84 bits per heavy atom. The molecule has 0 aliphatic heterocycles. The van der Waals surface area contributed by atoms with Crippen molar-refractivity contribution in [2.45, 2.75) is 33.7 Å². The van der Waals surface area contributed by atoms with Crippen LogP contribution in [0.2, 0.25) is 0 Å². The minimum absolute atomic E-state index is 0.0853. The zero-order chi connectivity index (χ0) is 18.6. The second-order valence-corrected chi connectivity index (χ2v) is 5.87. The van der Waals surface area contributed by atoms with Gasteiger partial charge in [0, 0.05) is 27.1 Å². The number of aryl methyl sites for hydroxylation is 1. The Bertz CT molecular complexity index is 855. The highest BCUT2D eigenvalue weighted by molar-refractivity contribution is 5.78. The largest absolute Gasteiger partial charge is 0.443 e. The normalized spacial score (nSPS) is 11.6. The van der Waals surface area contributed by atoms with Crippen LogP contribution in [0.25, 0.3) is 0 Å². The van der Waals surface area contributed by atoms with Crippen LogP contribution in [0.4, 0.5) is 5.82 Å². The summed E-state index contributed by atoms with van der Waals surface area (Å²) < 4.78 is 8.08. The Hall–Kier alpha value is -2.67. The van der Waals surface area contributed by atoms with Gasteiger partial charge in [0.15, 0.2) is 5.90 Å². The van der Waals surface area contributed by atoms with Crippen LogP contribution in [-0.4, -0.2) is 26.7 Å². The highest BCUT2D eigenvalue weighted by Crippen LogP contribution is 2.15. The summed E-state index contributed by atoms with van der Waals surface area (Å²) in [7, 11) is 1.56. The molecule has 7 nitrogen and oxygen atoms in total. The molecule has 1 aromatic carbocycles. The van der Waals surface area contributed by atoms with Gasteiger partial charge in [0.2, 0.25) is 0 Å². The third kappa shape index (κ3) is 4.24. The van der Waals surface area contributed by atoms with Gasteiger partial charge in [-0.1, -0.05) is 17.7 Å². The Kier molecular flexibility index (Phi) is 5.93. The second kappa shape index (κ2) is 7.94. The van der Waals surface area contributed by atoms with E-state index in [0.717, 1.165) is 10.1 Å². The summed E-state index contributed by atoms with van der Waals surface area (Å²) in [6.07, 6.45) is 0.340. The Morgan fingerprint density at radius 3 is 2.44 bits per heavy atom. The van der Waals surface area contributed by atoms with Gasteiger partial charge in [0.25, 0.3) is 5.56 Å². The maximum absolute atomic E-state index is 12.4. The quantitative estimate of drug-likeness (QED) is 0.660. The molecule has 0 radical (unpaired) electrons. The van der Waals surface area contributed by atoms with Gasteiger partial charge in [0.05, 0.1) is 5.56 Å². The Labute approximate surface area is 145 Å². The van der Waals surface area contributed by atoms with Crippen molar-refractivity contribution < 1.29 is 9.84 Å². The molecule has 0 saturated carbocycles. The van der Waals surface area contributed by atoms with E-state index in [1.165, 1.54) is 4.57 Å². The molecular weight excluding hydrogens is 322 g/mol. The maximum Gasteiger partial charge on any atom is 0.332 e. The van der Waals surface area contributed by atoms with E-state index < -0.39 is 11.2 Å². The van der Waals surface area contributed by atoms with E-state index in [-0.39, 0.29) is 19.0 Å². The molecule has 2 rings (SSSR count). The van der Waals surface area contributed by atoms with Crippen molar-refractivity contribution in [3.8, 4) is 5.75 Å². The standard InChI is InChI=1S/C18H23N3O4/c1-12-6-8-15(9-7-12)25-14(3)19-16-13(2)17(23)21(10-5-11-22)18(24)20(16)4/h6-9,22H,5,10-11H2,1-4H3/b19-14+. The minimum atomic E-state index is -0.467. The fourth-order valence-electron chi connectivity index (χ4n) is 2.44. The summed E-state index contributed by atoms with van der Waals surface area (Å²) in [5, 5.41) is 8.92. The predicted octanol–water partition coefficient (Wildman–Crippen LogP) is 1.68. The van der Waals surface area contributed by atoms with E-state index in [4.69, 9.17) is 9.84 Å². The summed E-state index contributed by atoms with van der Waals surface area (Å²) in [5.41, 5.74) is 0.600. The maximum atomic E-state index is 12.4. The number of ether oxygens (including phenoxy) is 1. The average Bonchev–Trinajstić information content (AvgIpc) is 2.59. The first-order chi connectivity index (χ1) is 11.8. The lowest BCUT2D eigenvalue weighted by Gasteiger charge is -2.12. The van der Waals surface area contributed by atoms with Crippen LogP contribution >= 0.6 is 0 Å². The van der Waals surface area contributed by atoms with Crippen LogP contribution < -0.4 is 16.0 Å². The number of aliphatic imine (C=N–C) groups is 1. The Morgan fingerprint density at radius 1 is 1.20 bits per heavy atom. The predicted molar refractivity (Wildman–Crippen MR) is 97.0 cm³/mol. The van der Waals surface area contributed by atoms with E-state index >= 15 is 0 Å². The summed E-state index contributed by atoms with van der Waals surface area (Å²) in [6, 6.07) is 7.50. The van der Waals surface area contributed by atoms with Crippen LogP contribution in [-0.2, 0) is 13.6 Å². The lowest BCUT2D eigenvalue weighted by Crippen LogP contribution is -2.40. The number of benzene rings is 1. The van der Waals surface area contributed by atoms with Gasteiger partial charge < -0.3 is 9.84 Å². The number of rotatable bonds is 5. The topological polar surface area (TPSA) is 85.8 Å². The summed E-state index contributed by atoms with van der Waals surface area (Å²) in [6.45, 7) is 5.36. The average molecular weight is 345 g/mol. The first-order valence-corrected chi connectivity index (χ1v) is 8.06. The van der Waals surface area contributed by atoms with E-state index in [1.807, 2.05) is 31.2 Å². The van der Waals surface area contributed by atoms with Crippen LogP contribution in [0.3, 0.4) is 0 Å². The highest BCUT2D eigenvalue weighted by Gasteiger charge is 2.14. The number of aromatic nitrogens is 2. The SMILES string of the molecule is C/C(=N\c1c(C)c(=O)n(CCCO)c(=O)n1C)Oc1ccc(C)cc1. The van der Waals surface area contributed by atoms with E-state index in [2.05, 4.69) is 4.99 Å². The van der Waals surface area contributed by atoms with Crippen molar-refractivity contribution in [2.75, 3.05) is 6.61 Å². The van der Waals surface area contributed by atoms with Crippen molar-refractivity contribution in [3.63, 3.8) is 0 Å². The molecule has 1 aromatic heterocycles. The molecule has 0 aliphatic carbocycles. The van der Waals surface area contributed by atoms with Crippen LogP contribution in [0.15, 0.2) is 38.8 Å². The molecule has 0 spiro atoms. The van der Waals surface area contributed by atoms with E-state index in [1.54, 1.807) is 20.9 Å². The lowest BCUT2D eigenvalue weighted by molar-refractivity contribution is 0.277. The second-order valence-electron chi connectivity index (χ2n) is 5.87. The zero-order valence-corrected chi connectivity index (χ0v) is 14.9. The van der Waals surface area contributed by atoms with Crippen molar-refractivity contribution in [3.05, 3.63) is 56.2 Å². The van der Waals surface area contributed by atoms with Gasteiger partial charge in [-0.15, -0.1) is 0 Å². The molecule has 0 unspecified atom stereocenters. The van der Waals surface area contributed by atoms with Crippen molar-refractivity contribution in [1.82, 2.24) is 9.13 Å². The number of hydrogen-bond donors (Lipinski definition) is 1. The fraction of sp³-hybridized carbons (Fsp3) is 0.389. The van der Waals surface area contributed by atoms with Crippen molar-refractivity contribution in [2.24, 2.45) is 12.0 Å². The van der Waals surface area contributed by atoms with Crippen LogP contribution in [0.1, 0.15) is 24.5 Å². The molecule has 0 atom stereocenters. The molecule has 0 saturated heterocycles. The molecule has 0 amide bonds. The minimum Gasteiger partial charge on any atom is -0.443 e. The molecule has 134 valence electrons. The molecule has 1 N–H and O–H groups in total. The summed E-state index contributed by atoms with van der Waals surface area (Å²) in [4.78, 5) is 29.1. The van der Waals surface area contributed by atoms with Crippen LogP contribution in [0.5, 0.6) is 5.75 Å². The third-order valence-corrected chi connectivity index (χ3v) is 3.83. The number of aliphatic hydroxyl groups is 1. The number of hydrogen-bond acceptors (Lipinski definition) is 5.